The largest absolute Gasteiger partial charge is 0.467 e. The number of carbonyl (C=O) groups is 3. The highest BCUT2D eigenvalue weighted by Crippen LogP contribution is 2.16. The van der Waals surface area contributed by atoms with Crippen LogP contribution in [-0.2, 0) is 9.59 Å². The Kier molecular flexibility index (Phi) is 3.26. The maximum atomic E-state index is 11.8. The number of hydrogen-bond donors (Lipinski definition) is 2. The van der Waals surface area contributed by atoms with Crippen molar-refractivity contribution in [2.45, 2.75) is 18.9 Å². The average Bonchev–Trinajstić information content (AvgIpc) is 2.81. The maximum Gasteiger partial charge on any atom is 0.318 e. The minimum atomic E-state index is -0.753. The summed E-state index contributed by atoms with van der Waals surface area (Å²) in [5.41, 5.74) is -0.0396. The minimum Gasteiger partial charge on any atom is -0.467 e. The highest BCUT2D eigenvalue weighted by atomic mass is 16.6. The lowest BCUT2D eigenvalue weighted by atomic mass is 10.1. The molecule has 2 N–H and O–H groups in total. The lowest BCUT2D eigenvalue weighted by molar-refractivity contribution is -0.134. The van der Waals surface area contributed by atoms with E-state index in [1.54, 1.807) is 0 Å². The van der Waals surface area contributed by atoms with E-state index in [2.05, 4.69) is 15.6 Å². The number of methoxy groups -OCH3 is 1. The third-order valence-corrected chi connectivity index (χ3v) is 2.48. The number of oxazole rings is 1. The summed E-state index contributed by atoms with van der Waals surface area (Å²) >= 11 is 0. The molecule has 3 amide bonds. The summed E-state index contributed by atoms with van der Waals surface area (Å²) in [4.78, 5) is 37.9. The van der Waals surface area contributed by atoms with E-state index in [-0.39, 0.29) is 30.4 Å². The van der Waals surface area contributed by atoms with Crippen LogP contribution in [0.3, 0.4) is 0 Å². The zero-order valence-corrected chi connectivity index (χ0v) is 9.56. The molecule has 2 rings (SSSR count). The third kappa shape index (κ3) is 2.31. The van der Waals surface area contributed by atoms with Crippen LogP contribution in [0, 0.1) is 0 Å². The molecular weight excluding hydrogens is 242 g/mol. The molecule has 0 saturated carbocycles. The van der Waals surface area contributed by atoms with E-state index >= 15 is 0 Å². The second-order valence-corrected chi connectivity index (χ2v) is 3.67. The number of amides is 3. The molecule has 1 unspecified atom stereocenters. The number of nitrogens with one attached hydrogen (secondary N) is 2. The number of imide groups is 1. The lowest BCUT2D eigenvalue weighted by Crippen LogP contribution is -2.52. The van der Waals surface area contributed by atoms with Gasteiger partial charge in [0.15, 0.2) is 6.39 Å². The van der Waals surface area contributed by atoms with Gasteiger partial charge in [-0.25, -0.2) is 4.98 Å². The predicted molar refractivity (Wildman–Crippen MR) is 56.7 cm³/mol. The summed E-state index contributed by atoms with van der Waals surface area (Å²) in [5, 5.41) is 4.60. The molecule has 18 heavy (non-hydrogen) atoms. The smallest absolute Gasteiger partial charge is 0.318 e. The van der Waals surface area contributed by atoms with Crippen LogP contribution in [0.4, 0.5) is 0 Å². The molecule has 1 saturated heterocycles. The van der Waals surface area contributed by atoms with Crippen LogP contribution in [0.25, 0.3) is 0 Å². The number of nitrogens with zero attached hydrogens (tertiary/aromatic N) is 1. The average molecular weight is 253 g/mol. The fourth-order valence-electron chi connectivity index (χ4n) is 1.59. The summed E-state index contributed by atoms with van der Waals surface area (Å²) in [7, 11) is 1.34. The van der Waals surface area contributed by atoms with Crippen LogP contribution in [0.1, 0.15) is 23.3 Å². The summed E-state index contributed by atoms with van der Waals surface area (Å²) in [6.07, 6.45) is 1.52. The van der Waals surface area contributed by atoms with E-state index in [0.29, 0.717) is 0 Å². The van der Waals surface area contributed by atoms with Crippen molar-refractivity contribution in [3.05, 3.63) is 12.1 Å². The molecule has 1 atom stereocenters. The zero-order chi connectivity index (χ0) is 13.1. The molecule has 8 heteroatoms. The summed E-state index contributed by atoms with van der Waals surface area (Å²) < 4.78 is 9.61. The van der Waals surface area contributed by atoms with Crippen molar-refractivity contribution in [1.29, 1.82) is 0 Å². The van der Waals surface area contributed by atoms with Gasteiger partial charge in [0.1, 0.15) is 6.04 Å². The molecule has 0 bridgehead atoms. The normalized spacial score (nSPS) is 19.3. The quantitative estimate of drug-likeness (QED) is 0.683. The van der Waals surface area contributed by atoms with Gasteiger partial charge < -0.3 is 14.5 Å². The van der Waals surface area contributed by atoms with Gasteiger partial charge in [0.2, 0.25) is 17.5 Å². The molecule has 96 valence electrons. The molecule has 1 aliphatic heterocycles. The van der Waals surface area contributed by atoms with E-state index in [1.807, 2.05) is 0 Å². The van der Waals surface area contributed by atoms with Crippen LogP contribution in [0.15, 0.2) is 10.8 Å². The molecule has 1 aromatic heterocycles. The lowest BCUT2D eigenvalue weighted by Gasteiger charge is -2.21. The molecule has 1 fully saturated rings. The zero-order valence-electron chi connectivity index (χ0n) is 9.56. The number of rotatable bonds is 3. The Morgan fingerprint density at radius 1 is 1.61 bits per heavy atom. The molecular formula is C10H11N3O5. The Morgan fingerprint density at radius 2 is 2.39 bits per heavy atom. The number of ether oxygens (including phenoxy) is 1. The van der Waals surface area contributed by atoms with E-state index in [0.717, 1.165) is 6.39 Å². The fourth-order valence-corrected chi connectivity index (χ4v) is 1.59. The van der Waals surface area contributed by atoms with Crippen LogP contribution in [0.5, 0.6) is 5.95 Å². The number of aromatic nitrogens is 1. The van der Waals surface area contributed by atoms with Crippen molar-refractivity contribution < 1.29 is 23.5 Å². The number of piperidine rings is 1. The van der Waals surface area contributed by atoms with Crippen LogP contribution in [0.2, 0.25) is 0 Å². The topological polar surface area (TPSA) is 111 Å². The second kappa shape index (κ2) is 4.86. The molecule has 0 aromatic carbocycles. The maximum absolute atomic E-state index is 11.8. The first-order chi connectivity index (χ1) is 8.61. The van der Waals surface area contributed by atoms with Gasteiger partial charge in [0.25, 0.3) is 5.91 Å². The summed E-state index contributed by atoms with van der Waals surface area (Å²) in [6, 6.07) is -0.753. The predicted octanol–water partition coefficient (Wildman–Crippen LogP) is -0.782. The van der Waals surface area contributed by atoms with Gasteiger partial charge in [-0.05, 0) is 6.42 Å². The number of carbonyl (C=O) groups excluding carboxylic acids is 3. The molecule has 8 nitrogen and oxygen atoms in total. The molecule has 0 radical (unpaired) electrons. The minimum absolute atomic E-state index is 0.0280. The van der Waals surface area contributed by atoms with Crippen molar-refractivity contribution >= 4 is 17.7 Å². The standard InChI is InChI=1S/C10H11N3O5/c1-17-10-7(11-4-18-10)9(16)12-5-2-3-6(14)13-8(5)15/h4-5H,2-3H2,1H3,(H,12,16)(H,13,14,15). The third-order valence-electron chi connectivity index (χ3n) is 2.48. The first kappa shape index (κ1) is 12.1. The van der Waals surface area contributed by atoms with E-state index in [1.165, 1.54) is 7.11 Å². The summed E-state index contributed by atoms with van der Waals surface area (Å²) in [5.74, 6) is -1.48. The number of hydrogen-bond acceptors (Lipinski definition) is 6. The van der Waals surface area contributed by atoms with Crippen molar-refractivity contribution in [2.75, 3.05) is 7.11 Å². The Morgan fingerprint density at radius 3 is 3.06 bits per heavy atom. The van der Waals surface area contributed by atoms with Crippen molar-refractivity contribution in [3.8, 4) is 5.95 Å². The Labute approximate surface area is 102 Å². The molecule has 0 aliphatic carbocycles. The SMILES string of the molecule is COc1ocnc1C(=O)NC1CCC(=O)NC1=O. The van der Waals surface area contributed by atoms with Crippen LogP contribution < -0.4 is 15.4 Å². The van der Waals surface area contributed by atoms with Gasteiger partial charge in [-0.1, -0.05) is 0 Å². The molecule has 1 aromatic rings. The van der Waals surface area contributed by atoms with Crippen LogP contribution >= 0.6 is 0 Å². The monoisotopic (exact) mass is 253 g/mol. The Bertz CT molecular complexity index is 495. The summed E-state index contributed by atoms with van der Waals surface area (Å²) in [6.45, 7) is 0. The van der Waals surface area contributed by atoms with Gasteiger partial charge in [-0.3, -0.25) is 19.7 Å². The molecule has 1 aliphatic rings. The Hall–Kier alpha value is -2.38. The second-order valence-electron chi connectivity index (χ2n) is 3.67. The van der Waals surface area contributed by atoms with E-state index in [4.69, 9.17) is 9.15 Å². The first-order valence-corrected chi connectivity index (χ1v) is 5.24. The Balaban J connectivity index is 2.03. The van der Waals surface area contributed by atoms with Crippen molar-refractivity contribution in [2.24, 2.45) is 0 Å². The van der Waals surface area contributed by atoms with Crippen LogP contribution in [-0.4, -0.2) is 35.9 Å². The van der Waals surface area contributed by atoms with Gasteiger partial charge in [0.05, 0.1) is 7.11 Å². The van der Waals surface area contributed by atoms with E-state index in [9.17, 15) is 14.4 Å². The van der Waals surface area contributed by atoms with Gasteiger partial charge >= 0.3 is 5.95 Å². The highest BCUT2D eigenvalue weighted by Gasteiger charge is 2.29. The molecule has 0 spiro atoms. The van der Waals surface area contributed by atoms with Gasteiger partial charge in [-0.2, -0.15) is 0 Å². The van der Waals surface area contributed by atoms with Gasteiger partial charge in [-0.15, -0.1) is 0 Å². The fraction of sp³-hybridized carbons (Fsp3) is 0.400. The van der Waals surface area contributed by atoms with E-state index < -0.39 is 17.9 Å². The first-order valence-electron chi connectivity index (χ1n) is 5.24. The van der Waals surface area contributed by atoms with Crippen molar-refractivity contribution in [1.82, 2.24) is 15.6 Å². The van der Waals surface area contributed by atoms with Gasteiger partial charge in [0, 0.05) is 6.42 Å². The van der Waals surface area contributed by atoms with Crippen molar-refractivity contribution in [3.63, 3.8) is 0 Å². The molecule has 2 heterocycles. The highest BCUT2D eigenvalue weighted by molar-refractivity contribution is 6.03.